The van der Waals surface area contributed by atoms with Crippen LogP contribution in [0.2, 0.25) is 5.02 Å². The molecule has 0 amide bonds. The normalized spacial score (nSPS) is 10.1. The molecule has 0 atom stereocenters. The Labute approximate surface area is 98.7 Å². The Morgan fingerprint density at radius 1 is 1.46 bits per heavy atom. The molecule has 0 saturated carbocycles. The van der Waals surface area contributed by atoms with Crippen LogP contribution in [0.5, 0.6) is 0 Å². The van der Waals surface area contributed by atoms with Crippen LogP contribution in [0.1, 0.15) is 5.56 Å². The van der Waals surface area contributed by atoms with Gasteiger partial charge in [0.1, 0.15) is 5.78 Å². The fraction of sp³-hybridized carbons (Fsp3) is 0.222. The number of benzene rings is 1. The number of carbonyl (C=O) groups is 1. The highest BCUT2D eigenvalue weighted by molar-refractivity contribution is 9.10. The monoisotopic (exact) mass is 324 g/mol. The molecule has 70 valence electrons. The van der Waals surface area contributed by atoms with Crippen molar-refractivity contribution >= 4 is 49.2 Å². The number of ketones is 1. The van der Waals surface area contributed by atoms with E-state index in [0.29, 0.717) is 16.8 Å². The molecule has 0 bridgehead atoms. The van der Waals surface area contributed by atoms with Gasteiger partial charge in [0.05, 0.1) is 5.33 Å². The van der Waals surface area contributed by atoms with E-state index in [1.807, 2.05) is 12.1 Å². The number of alkyl halides is 1. The van der Waals surface area contributed by atoms with Crippen LogP contribution < -0.4 is 0 Å². The second kappa shape index (κ2) is 5.13. The summed E-state index contributed by atoms with van der Waals surface area (Å²) >= 11 is 12.4. The zero-order valence-corrected chi connectivity index (χ0v) is 10.6. The summed E-state index contributed by atoms with van der Waals surface area (Å²) < 4.78 is 0.884. The quantitative estimate of drug-likeness (QED) is 0.776. The maximum absolute atomic E-state index is 11.2. The summed E-state index contributed by atoms with van der Waals surface area (Å²) in [5.41, 5.74) is 0.855. The predicted octanol–water partition coefficient (Wildman–Crippen LogP) is 3.61. The molecule has 0 saturated heterocycles. The Morgan fingerprint density at radius 3 is 2.69 bits per heavy atom. The number of Topliss-reactive ketones (excluding diaryl/α,β-unsaturated/α-hetero) is 1. The highest BCUT2D eigenvalue weighted by atomic mass is 79.9. The fourth-order valence-corrected chi connectivity index (χ4v) is 2.01. The molecule has 13 heavy (non-hydrogen) atoms. The van der Waals surface area contributed by atoms with E-state index in [9.17, 15) is 4.79 Å². The van der Waals surface area contributed by atoms with Gasteiger partial charge >= 0.3 is 0 Å². The topological polar surface area (TPSA) is 17.1 Å². The van der Waals surface area contributed by atoms with Crippen LogP contribution in [0.4, 0.5) is 0 Å². The molecule has 0 aliphatic carbocycles. The Balaban J connectivity index is 2.93. The third kappa shape index (κ3) is 3.08. The van der Waals surface area contributed by atoms with Crippen molar-refractivity contribution in [3.8, 4) is 0 Å². The first-order valence-corrected chi connectivity index (χ1v) is 5.95. The zero-order chi connectivity index (χ0) is 9.84. The molecule has 0 unspecified atom stereocenters. The third-order valence-electron chi connectivity index (χ3n) is 1.58. The summed E-state index contributed by atoms with van der Waals surface area (Å²) in [6, 6.07) is 5.50. The van der Waals surface area contributed by atoms with Crippen LogP contribution in [0.25, 0.3) is 0 Å². The van der Waals surface area contributed by atoms with E-state index in [4.69, 9.17) is 11.6 Å². The van der Waals surface area contributed by atoms with E-state index < -0.39 is 0 Å². The molecule has 1 nitrogen and oxygen atoms in total. The lowest BCUT2D eigenvalue weighted by Gasteiger charge is -2.04. The number of halogens is 3. The van der Waals surface area contributed by atoms with Crippen LogP contribution in [-0.2, 0) is 11.2 Å². The zero-order valence-electron chi connectivity index (χ0n) is 6.69. The Hall–Kier alpha value is 0.140. The van der Waals surface area contributed by atoms with Crippen LogP contribution in [0.3, 0.4) is 0 Å². The van der Waals surface area contributed by atoms with Gasteiger partial charge in [-0.25, -0.2) is 0 Å². The summed E-state index contributed by atoms with van der Waals surface area (Å²) in [6.07, 6.45) is 0.367. The summed E-state index contributed by atoms with van der Waals surface area (Å²) in [5, 5.41) is 0.994. The first kappa shape index (κ1) is 11.2. The van der Waals surface area contributed by atoms with Gasteiger partial charge in [-0.3, -0.25) is 4.79 Å². The van der Waals surface area contributed by atoms with Crippen molar-refractivity contribution in [1.29, 1.82) is 0 Å². The maximum atomic E-state index is 11.2. The fourth-order valence-electron chi connectivity index (χ4n) is 0.946. The van der Waals surface area contributed by atoms with Gasteiger partial charge < -0.3 is 0 Å². The average Bonchev–Trinajstić information content (AvgIpc) is 2.11. The molecule has 1 aromatic carbocycles. The number of rotatable bonds is 3. The highest BCUT2D eigenvalue weighted by Gasteiger charge is 2.08. The molecule has 4 heteroatoms. The van der Waals surface area contributed by atoms with Gasteiger partial charge in [-0.2, -0.15) is 0 Å². The number of hydrogen-bond acceptors (Lipinski definition) is 1. The average molecular weight is 326 g/mol. The molecule has 1 rings (SSSR count). The first-order valence-electron chi connectivity index (χ1n) is 3.65. The standard InChI is InChI=1S/C9H7Br2ClO/c10-5-6(13)4-7-8(11)2-1-3-9(7)12/h1-3H,4-5H2. The van der Waals surface area contributed by atoms with Gasteiger partial charge in [0, 0.05) is 15.9 Å². The minimum atomic E-state index is 0.119. The molecule has 0 heterocycles. The lowest BCUT2D eigenvalue weighted by atomic mass is 10.1. The van der Waals surface area contributed by atoms with Crippen molar-refractivity contribution < 1.29 is 4.79 Å². The van der Waals surface area contributed by atoms with Gasteiger partial charge in [-0.15, -0.1) is 0 Å². The van der Waals surface area contributed by atoms with Gasteiger partial charge in [-0.1, -0.05) is 49.5 Å². The van der Waals surface area contributed by atoms with Gasteiger partial charge in [0.15, 0.2) is 0 Å². The molecule has 0 radical (unpaired) electrons. The van der Waals surface area contributed by atoms with Crippen molar-refractivity contribution in [1.82, 2.24) is 0 Å². The lowest BCUT2D eigenvalue weighted by Crippen LogP contribution is -2.04. The summed E-state index contributed by atoms with van der Waals surface area (Å²) in [7, 11) is 0. The summed E-state index contributed by atoms with van der Waals surface area (Å²) in [4.78, 5) is 11.2. The molecular formula is C9H7Br2ClO. The Bertz CT molecular complexity index is 305. The van der Waals surface area contributed by atoms with Crippen molar-refractivity contribution in [2.45, 2.75) is 6.42 Å². The lowest BCUT2D eigenvalue weighted by molar-refractivity contribution is -0.115. The molecule has 0 aliphatic rings. The van der Waals surface area contributed by atoms with E-state index in [2.05, 4.69) is 31.9 Å². The molecule has 1 aromatic rings. The SMILES string of the molecule is O=C(CBr)Cc1c(Cl)cccc1Br. The molecule has 0 fully saturated rings. The minimum absolute atomic E-state index is 0.119. The smallest absolute Gasteiger partial charge is 0.147 e. The largest absolute Gasteiger partial charge is 0.298 e. The molecule has 0 spiro atoms. The predicted molar refractivity (Wildman–Crippen MR) is 61.7 cm³/mol. The van der Waals surface area contributed by atoms with Gasteiger partial charge in [0.2, 0.25) is 0 Å². The second-order valence-electron chi connectivity index (χ2n) is 2.55. The van der Waals surface area contributed by atoms with Gasteiger partial charge in [-0.05, 0) is 17.7 Å². The highest BCUT2D eigenvalue weighted by Crippen LogP contribution is 2.25. The van der Waals surface area contributed by atoms with Crippen LogP contribution >= 0.6 is 43.5 Å². The summed E-state index contributed by atoms with van der Waals surface area (Å²) in [6.45, 7) is 0. The van der Waals surface area contributed by atoms with Crippen molar-refractivity contribution in [3.05, 3.63) is 33.3 Å². The second-order valence-corrected chi connectivity index (χ2v) is 4.37. The van der Waals surface area contributed by atoms with Crippen molar-refractivity contribution in [2.75, 3.05) is 5.33 Å². The van der Waals surface area contributed by atoms with Gasteiger partial charge in [0.25, 0.3) is 0 Å². The third-order valence-corrected chi connectivity index (χ3v) is 3.31. The van der Waals surface area contributed by atoms with Crippen molar-refractivity contribution in [3.63, 3.8) is 0 Å². The van der Waals surface area contributed by atoms with Crippen molar-refractivity contribution in [2.24, 2.45) is 0 Å². The van der Waals surface area contributed by atoms with E-state index in [-0.39, 0.29) is 5.78 Å². The molecule has 0 aromatic heterocycles. The Kier molecular flexibility index (Phi) is 4.42. The van der Waals surface area contributed by atoms with Crippen LogP contribution in [0, 0.1) is 0 Å². The molecule has 0 aliphatic heterocycles. The van der Waals surface area contributed by atoms with E-state index in [1.165, 1.54) is 0 Å². The number of carbonyl (C=O) groups excluding carboxylic acids is 1. The van der Waals surface area contributed by atoms with E-state index in [1.54, 1.807) is 6.07 Å². The van der Waals surface area contributed by atoms with Crippen LogP contribution in [-0.4, -0.2) is 11.1 Å². The minimum Gasteiger partial charge on any atom is -0.298 e. The first-order chi connectivity index (χ1) is 6.15. The maximum Gasteiger partial charge on any atom is 0.147 e. The summed E-state index contributed by atoms with van der Waals surface area (Å²) in [5.74, 6) is 0.119. The molecular weight excluding hydrogens is 319 g/mol. The Morgan fingerprint density at radius 2 is 2.15 bits per heavy atom. The van der Waals surface area contributed by atoms with E-state index >= 15 is 0 Å². The number of hydrogen-bond donors (Lipinski definition) is 0. The molecule has 0 N–H and O–H groups in total. The van der Waals surface area contributed by atoms with Crippen LogP contribution in [0.15, 0.2) is 22.7 Å². The van der Waals surface area contributed by atoms with E-state index in [0.717, 1.165) is 10.0 Å².